The Kier molecular flexibility index (Phi) is 4.72. The maximum Gasteiger partial charge on any atom is 0.410 e. The van der Waals surface area contributed by atoms with Gasteiger partial charge in [0.05, 0.1) is 11.4 Å². The maximum atomic E-state index is 13.1. The van der Waals surface area contributed by atoms with Crippen LogP contribution < -0.4 is 4.72 Å². The predicted molar refractivity (Wildman–Crippen MR) is 78.4 cm³/mol. The second-order valence-corrected chi connectivity index (χ2v) is 7.25. The van der Waals surface area contributed by atoms with Gasteiger partial charge in [0.25, 0.3) is 0 Å². The van der Waals surface area contributed by atoms with Crippen molar-refractivity contribution in [3.05, 3.63) is 29.6 Å². The largest absolute Gasteiger partial charge is 0.443 e. The lowest BCUT2D eigenvalue weighted by atomic mass is 10.2. The van der Waals surface area contributed by atoms with E-state index in [1.807, 2.05) is 13.8 Å². The molecule has 1 unspecified atom stereocenters. The van der Waals surface area contributed by atoms with Crippen molar-refractivity contribution in [1.82, 2.24) is 9.62 Å². The predicted octanol–water partition coefficient (Wildman–Crippen LogP) is 1.64. The highest BCUT2D eigenvalue weighted by Crippen LogP contribution is 2.17. The van der Waals surface area contributed by atoms with E-state index in [0.717, 1.165) is 12.1 Å². The Morgan fingerprint density at radius 1 is 1.45 bits per heavy atom. The molecule has 0 radical (unpaired) electrons. The van der Waals surface area contributed by atoms with Crippen molar-refractivity contribution < 1.29 is 22.3 Å². The normalized spacial score (nSPS) is 18.9. The second kappa shape index (κ2) is 6.21. The van der Waals surface area contributed by atoms with Gasteiger partial charge in [-0.15, -0.1) is 0 Å². The molecule has 122 valence electrons. The molecule has 1 aromatic carbocycles. The molecule has 0 saturated carbocycles. The van der Waals surface area contributed by atoms with Crippen LogP contribution in [-0.2, 0) is 14.8 Å². The minimum absolute atomic E-state index is 0.00606. The number of cyclic esters (lactones) is 1. The van der Waals surface area contributed by atoms with Crippen LogP contribution in [-0.4, -0.2) is 44.6 Å². The molecule has 1 N–H and O–H groups in total. The molecule has 0 aliphatic carbocycles. The summed E-state index contributed by atoms with van der Waals surface area (Å²) in [5, 5.41) is 0. The quantitative estimate of drug-likeness (QED) is 0.890. The maximum absolute atomic E-state index is 13.1. The zero-order valence-electron chi connectivity index (χ0n) is 12.7. The summed E-state index contributed by atoms with van der Waals surface area (Å²) in [5.74, 6) is -0.492. The van der Waals surface area contributed by atoms with Crippen molar-refractivity contribution in [1.29, 1.82) is 0 Å². The molecule has 2 rings (SSSR count). The van der Waals surface area contributed by atoms with Gasteiger partial charge in [-0.25, -0.2) is 22.3 Å². The Morgan fingerprint density at radius 2 is 2.14 bits per heavy atom. The number of hydrogen-bond donors (Lipinski definition) is 1. The lowest BCUT2D eigenvalue weighted by molar-refractivity contribution is 0.130. The fourth-order valence-corrected chi connectivity index (χ4v) is 3.55. The van der Waals surface area contributed by atoms with E-state index < -0.39 is 28.0 Å². The molecule has 1 saturated heterocycles. The minimum Gasteiger partial charge on any atom is -0.443 e. The van der Waals surface area contributed by atoms with Crippen molar-refractivity contribution >= 4 is 16.1 Å². The Balaban J connectivity index is 2.03. The SMILES string of the molecule is Cc1cc(F)ccc1S(=O)(=O)NCC1CN(C(C)C)C(=O)O1. The first kappa shape index (κ1) is 16.7. The summed E-state index contributed by atoms with van der Waals surface area (Å²) < 4.78 is 45.0. The fraction of sp³-hybridized carbons (Fsp3) is 0.500. The highest BCUT2D eigenvalue weighted by Gasteiger charge is 2.33. The van der Waals surface area contributed by atoms with Crippen molar-refractivity contribution in [3.8, 4) is 0 Å². The van der Waals surface area contributed by atoms with Crippen LogP contribution in [0.5, 0.6) is 0 Å². The van der Waals surface area contributed by atoms with E-state index in [1.54, 1.807) is 0 Å². The number of carbonyl (C=O) groups is 1. The molecular weight excluding hydrogens is 311 g/mol. The number of nitrogens with zero attached hydrogens (tertiary/aromatic N) is 1. The second-order valence-electron chi connectivity index (χ2n) is 5.51. The molecule has 0 bridgehead atoms. The van der Waals surface area contributed by atoms with Crippen molar-refractivity contribution in [2.45, 2.75) is 37.8 Å². The number of amides is 1. The lowest BCUT2D eigenvalue weighted by Gasteiger charge is -2.17. The average molecular weight is 330 g/mol. The van der Waals surface area contributed by atoms with Crippen molar-refractivity contribution in [2.75, 3.05) is 13.1 Å². The third kappa shape index (κ3) is 3.56. The summed E-state index contributed by atoms with van der Waals surface area (Å²) >= 11 is 0. The number of benzene rings is 1. The number of sulfonamides is 1. The summed E-state index contributed by atoms with van der Waals surface area (Å²) in [5.41, 5.74) is 0.319. The van der Waals surface area contributed by atoms with Gasteiger partial charge < -0.3 is 9.64 Å². The van der Waals surface area contributed by atoms with Crippen LogP contribution in [0.3, 0.4) is 0 Å². The number of aryl methyl sites for hydroxylation is 1. The zero-order valence-corrected chi connectivity index (χ0v) is 13.5. The van der Waals surface area contributed by atoms with Crippen LogP contribution in [0.1, 0.15) is 19.4 Å². The van der Waals surface area contributed by atoms with Crippen LogP contribution >= 0.6 is 0 Å². The van der Waals surface area contributed by atoms with Gasteiger partial charge in [-0.2, -0.15) is 0 Å². The third-order valence-electron chi connectivity index (χ3n) is 3.45. The van der Waals surface area contributed by atoms with E-state index in [1.165, 1.54) is 17.9 Å². The highest BCUT2D eigenvalue weighted by atomic mass is 32.2. The standard InChI is InChI=1S/C14H19FN2O4S/c1-9(2)17-8-12(21-14(17)18)7-16-22(19,20)13-5-4-11(15)6-10(13)3/h4-6,9,12,16H,7-8H2,1-3H3. The van der Waals surface area contributed by atoms with Gasteiger partial charge in [0.1, 0.15) is 11.9 Å². The molecule has 1 heterocycles. The van der Waals surface area contributed by atoms with E-state index in [-0.39, 0.29) is 17.5 Å². The van der Waals surface area contributed by atoms with E-state index >= 15 is 0 Å². The Hall–Kier alpha value is -1.67. The highest BCUT2D eigenvalue weighted by molar-refractivity contribution is 7.89. The Morgan fingerprint density at radius 3 is 2.68 bits per heavy atom. The monoisotopic (exact) mass is 330 g/mol. The van der Waals surface area contributed by atoms with Crippen LogP contribution in [0, 0.1) is 12.7 Å². The molecule has 0 spiro atoms. The zero-order chi connectivity index (χ0) is 16.5. The van der Waals surface area contributed by atoms with Crippen LogP contribution in [0.2, 0.25) is 0 Å². The van der Waals surface area contributed by atoms with Crippen LogP contribution in [0.4, 0.5) is 9.18 Å². The molecule has 1 fully saturated rings. The Labute approximate surface area is 129 Å². The molecule has 1 aliphatic heterocycles. The molecule has 8 heteroatoms. The van der Waals surface area contributed by atoms with Gasteiger partial charge in [0, 0.05) is 12.6 Å². The first-order valence-corrected chi connectivity index (χ1v) is 8.42. The van der Waals surface area contributed by atoms with Crippen molar-refractivity contribution in [2.24, 2.45) is 0 Å². The summed E-state index contributed by atoms with van der Waals surface area (Å²) in [6.07, 6.45) is -0.984. The third-order valence-corrected chi connectivity index (χ3v) is 5.04. The average Bonchev–Trinajstić information content (AvgIpc) is 2.77. The van der Waals surface area contributed by atoms with Crippen molar-refractivity contribution in [3.63, 3.8) is 0 Å². The summed E-state index contributed by atoms with van der Waals surface area (Å²) in [6, 6.07) is 3.46. The van der Waals surface area contributed by atoms with E-state index in [0.29, 0.717) is 12.1 Å². The lowest BCUT2D eigenvalue weighted by Crippen LogP contribution is -2.36. The molecule has 1 atom stereocenters. The molecule has 1 aromatic rings. The number of rotatable bonds is 5. The summed E-state index contributed by atoms with van der Waals surface area (Å²) in [4.78, 5) is 13.1. The van der Waals surface area contributed by atoms with Gasteiger partial charge in [-0.3, -0.25) is 0 Å². The topological polar surface area (TPSA) is 75.7 Å². The molecular formula is C14H19FN2O4S. The minimum atomic E-state index is -3.78. The number of ether oxygens (including phenoxy) is 1. The van der Waals surface area contributed by atoms with Gasteiger partial charge >= 0.3 is 6.09 Å². The van der Waals surface area contributed by atoms with Gasteiger partial charge in [0.15, 0.2) is 0 Å². The Bertz CT molecular complexity index is 675. The van der Waals surface area contributed by atoms with E-state index in [4.69, 9.17) is 4.74 Å². The number of hydrogen-bond acceptors (Lipinski definition) is 4. The number of nitrogens with one attached hydrogen (secondary N) is 1. The molecule has 1 amide bonds. The molecule has 0 aromatic heterocycles. The molecule has 22 heavy (non-hydrogen) atoms. The van der Waals surface area contributed by atoms with Crippen LogP contribution in [0.15, 0.2) is 23.1 Å². The molecule has 6 nitrogen and oxygen atoms in total. The molecule has 1 aliphatic rings. The van der Waals surface area contributed by atoms with E-state index in [9.17, 15) is 17.6 Å². The van der Waals surface area contributed by atoms with Crippen LogP contribution in [0.25, 0.3) is 0 Å². The fourth-order valence-electron chi connectivity index (χ4n) is 2.26. The number of halogens is 1. The summed E-state index contributed by atoms with van der Waals surface area (Å²) in [6.45, 7) is 5.55. The summed E-state index contributed by atoms with van der Waals surface area (Å²) in [7, 11) is -3.78. The van der Waals surface area contributed by atoms with E-state index in [2.05, 4.69) is 4.72 Å². The smallest absolute Gasteiger partial charge is 0.410 e. The number of carbonyl (C=O) groups excluding carboxylic acids is 1. The van der Waals surface area contributed by atoms with Gasteiger partial charge in [0.2, 0.25) is 10.0 Å². The van der Waals surface area contributed by atoms with Gasteiger partial charge in [-0.05, 0) is 44.5 Å². The first-order valence-electron chi connectivity index (χ1n) is 6.94. The van der Waals surface area contributed by atoms with Gasteiger partial charge in [-0.1, -0.05) is 0 Å². The first-order chi connectivity index (χ1) is 10.2.